The fourth-order valence-corrected chi connectivity index (χ4v) is 3.25. The van der Waals surface area contributed by atoms with Crippen molar-refractivity contribution in [3.05, 3.63) is 52.8 Å². The number of aromatic nitrogens is 3. The number of nitrogens with one attached hydrogen (secondary N) is 1. The van der Waals surface area contributed by atoms with Crippen LogP contribution in [0.2, 0.25) is 0 Å². The Morgan fingerprint density at radius 3 is 2.64 bits per heavy atom. The van der Waals surface area contributed by atoms with Crippen LogP contribution in [0.3, 0.4) is 0 Å². The monoisotopic (exact) mass is 401 g/mol. The highest BCUT2D eigenvalue weighted by Crippen LogP contribution is 2.25. The largest absolute Gasteiger partial charge is 0.461 e. The molecule has 0 radical (unpaired) electrons. The van der Waals surface area contributed by atoms with E-state index in [4.69, 9.17) is 4.42 Å². The lowest BCUT2D eigenvalue weighted by molar-refractivity contribution is -0.384. The van der Waals surface area contributed by atoms with Gasteiger partial charge in [0.2, 0.25) is 5.91 Å². The standard InChI is InChI=1S/C18H19N5O4S/c1-12(2)10-22-17(15-4-3-9-27-15)20-21-18(22)28-11-16(24)19-13-5-7-14(8-6-13)23(25)26/h3-9,12H,10-11H2,1-2H3,(H,19,24). The molecule has 1 N–H and O–H groups in total. The van der Waals surface area contributed by atoms with Crippen molar-refractivity contribution in [3.63, 3.8) is 0 Å². The van der Waals surface area contributed by atoms with Crippen molar-refractivity contribution in [2.24, 2.45) is 5.92 Å². The van der Waals surface area contributed by atoms with Gasteiger partial charge in [0.05, 0.1) is 16.9 Å². The Kier molecular flexibility index (Phi) is 6.09. The second kappa shape index (κ2) is 8.70. The van der Waals surface area contributed by atoms with Crippen LogP contribution >= 0.6 is 11.8 Å². The van der Waals surface area contributed by atoms with Gasteiger partial charge in [0, 0.05) is 24.4 Å². The second-order valence-electron chi connectivity index (χ2n) is 6.43. The minimum Gasteiger partial charge on any atom is -0.461 e. The summed E-state index contributed by atoms with van der Waals surface area (Å²) in [7, 11) is 0. The summed E-state index contributed by atoms with van der Waals surface area (Å²) in [6.45, 7) is 4.86. The number of furan rings is 1. The van der Waals surface area contributed by atoms with Crippen molar-refractivity contribution in [2.75, 3.05) is 11.1 Å². The summed E-state index contributed by atoms with van der Waals surface area (Å²) >= 11 is 1.27. The van der Waals surface area contributed by atoms with E-state index in [9.17, 15) is 14.9 Å². The van der Waals surface area contributed by atoms with Gasteiger partial charge in [0.1, 0.15) is 0 Å². The number of anilines is 1. The lowest BCUT2D eigenvalue weighted by Gasteiger charge is -2.11. The Balaban J connectivity index is 1.66. The van der Waals surface area contributed by atoms with Crippen LogP contribution in [0.1, 0.15) is 13.8 Å². The number of nitro groups is 1. The Labute approximate surface area is 165 Å². The Bertz CT molecular complexity index is 951. The third kappa shape index (κ3) is 4.77. The van der Waals surface area contributed by atoms with E-state index in [1.54, 1.807) is 12.3 Å². The van der Waals surface area contributed by atoms with Gasteiger partial charge in [-0.1, -0.05) is 25.6 Å². The lowest BCUT2D eigenvalue weighted by Crippen LogP contribution is -2.15. The van der Waals surface area contributed by atoms with E-state index < -0.39 is 4.92 Å². The first-order chi connectivity index (χ1) is 13.4. The molecule has 3 rings (SSSR count). The van der Waals surface area contributed by atoms with Gasteiger partial charge in [-0.3, -0.25) is 19.5 Å². The zero-order valence-electron chi connectivity index (χ0n) is 15.4. The second-order valence-corrected chi connectivity index (χ2v) is 7.37. The Hall–Kier alpha value is -3.14. The van der Waals surface area contributed by atoms with Gasteiger partial charge in [-0.15, -0.1) is 10.2 Å². The average Bonchev–Trinajstić information content (AvgIpc) is 3.30. The number of amides is 1. The molecule has 0 spiro atoms. The molecule has 0 aliphatic carbocycles. The number of thioether (sulfide) groups is 1. The summed E-state index contributed by atoms with van der Waals surface area (Å²) in [6, 6.07) is 9.29. The molecule has 146 valence electrons. The fourth-order valence-electron chi connectivity index (χ4n) is 2.51. The van der Waals surface area contributed by atoms with Gasteiger partial charge in [0.25, 0.3) is 5.69 Å². The molecule has 1 aromatic carbocycles. The molecule has 0 saturated heterocycles. The van der Waals surface area contributed by atoms with Crippen LogP contribution < -0.4 is 5.32 Å². The highest BCUT2D eigenvalue weighted by Gasteiger charge is 2.18. The first-order valence-corrected chi connectivity index (χ1v) is 9.56. The number of nitro benzene ring substituents is 1. The minimum absolute atomic E-state index is 0.0281. The number of carbonyl (C=O) groups is 1. The van der Waals surface area contributed by atoms with Gasteiger partial charge in [0.15, 0.2) is 16.7 Å². The fraction of sp³-hybridized carbons (Fsp3) is 0.278. The summed E-state index contributed by atoms with van der Waals surface area (Å²) in [5, 5.41) is 22.4. The molecular weight excluding hydrogens is 382 g/mol. The van der Waals surface area contributed by atoms with Crippen molar-refractivity contribution >= 4 is 29.0 Å². The maximum absolute atomic E-state index is 12.2. The van der Waals surface area contributed by atoms with Gasteiger partial charge in [-0.2, -0.15) is 0 Å². The van der Waals surface area contributed by atoms with Gasteiger partial charge in [-0.05, 0) is 30.2 Å². The molecule has 3 aromatic rings. The van der Waals surface area contributed by atoms with E-state index in [0.717, 1.165) is 0 Å². The molecule has 10 heteroatoms. The van der Waals surface area contributed by atoms with E-state index in [0.29, 0.717) is 34.9 Å². The quantitative estimate of drug-likeness (QED) is 0.346. The van der Waals surface area contributed by atoms with E-state index in [2.05, 4.69) is 29.4 Å². The predicted octanol–water partition coefficient (Wildman–Crippen LogP) is 3.83. The maximum atomic E-state index is 12.2. The zero-order valence-corrected chi connectivity index (χ0v) is 16.2. The molecule has 0 atom stereocenters. The van der Waals surface area contributed by atoms with E-state index >= 15 is 0 Å². The third-order valence-corrected chi connectivity index (χ3v) is 4.67. The van der Waals surface area contributed by atoms with Crippen molar-refractivity contribution in [3.8, 4) is 11.6 Å². The molecule has 0 saturated carbocycles. The van der Waals surface area contributed by atoms with Crippen LogP contribution in [0.25, 0.3) is 11.6 Å². The molecular formula is C18H19N5O4S. The van der Waals surface area contributed by atoms with Crippen molar-refractivity contribution in [1.29, 1.82) is 0 Å². The first-order valence-electron chi connectivity index (χ1n) is 8.58. The number of non-ortho nitro benzene ring substituents is 1. The number of benzene rings is 1. The average molecular weight is 401 g/mol. The van der Waals surface area contributed by atoms with E-state index in [1.807, 2.05) is 10.6 Å². The molecule has 2 heterocycles. The lowest BCUT2D eigenvalue weighted by atomic mass is 10.2. The predicted molar refractivity (Wildman–Crippen MR) is 105 cm³/mol. The minimum atomic E-state index is -0.486. The Morgan fingerprint density at radius 2 is 2.04 bits per heavy atom. The van der Waals surface area contributed by atoms with Gasteiger partial charge in [-0.25, -0.2) is 0 Å². The molecule has 9 nitrogen and oxygen atoms in total. The van der Waals surface area contributed by atoms with Crippen molar-refractivity contribution in [2.45, 2.75) is 25.5 Å². The highest BCUT2D eigenvalue weighted by atomic mass is 32.2. The smallest absolute Gasteiger partial charge is 0.269 e. The third-order valence-electron chi connectivity index (χ3n) is 3.70. The van der Waals surface area contributed by atoms with Crippen LogP contribution in [-0.4, -0.2) is 31.3 Å². The van der Waals surface area contributed by atoms with Gasteiger partial charge < -0.3 is 9.73 Å². The molecule has 0 fully saturated rings. The topological polar surface area (TPSA) is 116 Å². The SMILES string of the molecule is CC(C)Cn1c(SCC(=O)Nc2ccc([N+](=O)[O-])cc2)nnc1-c1ccco1. The summed E-state index contributed by atoms with van der Waals surface area (Å²) in [4.78, 5) is 22.4. The normalized spacial score (nSPS) is 11.0. The number of hydrogen-bond acceptors (Lipinski definition) is 7. The van der Waals surface area contributed by atoms with Crippen molar-refractivity contribution in [1.82, 2.24) is 14.8 Å². The number of nitrogens with zero attached hydrogens (tertiary/aromatic N) is 4. The maximum Gasteiger partial charge on any atom is 0.269 e. The summed E-state index contributed by atoms with van der Waals surface area (Å²) in [6.07, 6.45) is 1.58. The number of rotatable bonds is 8. The number of hydrogen-bond donors (Lipinski definition) is 1. The molecule has 0 aliphatic heterocycles. The molecule has 0 aliphatic rings. The van der Waals surface area contributed by atoms with Crippen LogP contribution in [0.15, 0.2) is 52.2 Å². The van der Waals surface area contributed by atoms with E-state index in [1.165, 1.54) is 36.0 Å². The number of carbonyl (C=O) groups excluding carboxylic acids is 1. The van der Waals surface area contributed by atoms with Gasteiger partial charge >= 0.3 is 0 Å². The molecule has 28 heavy (non-hydrogen) atoms. The molecule has 0 unspecified atom stereocenters. The van der Waals surface area contributed by atoms with Crippen LogP contribution in [0.4, 0.5) is 11.4 Å². The molecule has 1 amide bonds. The Morgan fingerprint density at radius 1 is 1.29 bits per heavy atom. The van der Waals surface area contributed by atoms with E-state index in [-0.39, 0.29) is 17.3 Å². The van der Waals surface area contributed by atoms with Crippen LogP contribution in [0, 0.1) is 16.0 Å². The first kappa shape index (κ1) is 19.6. The summed E-state index contributed by atoms with van der Waals surface area (Å²) in [5.74, 6) is 1.49. The highest BCUT2D eigenvalue weighted by molar-refractivity contribution is 7.99. The summed E-state index contributed by atoms with van der Waals surface area (Å²) < 4.78 is 7.36. The van der Waals surface area contributed by atoms with Crippen molar-refractivity contribution < 1.29 is 14.1 Å². The zero-order chi connectivity index (χ0) is 20.1. The molecule has 2 aromatic heterocycles. The van der Waals surface area contributed by atoms with Crippen LogP contribution in [-0.2, 0) is 11.3 Å². The molecule has 0 bridgehead atoms. The van der Waals surface area contributed by atoms with Crippen LogP contribution in [0.5, 0.6) is 0 Å². The summed E-state index contributed by atoms with van der Waals surface area (Å²) in [5.41, 5.74) is 0.468.